The van der Waals surface area contributed by atoms with E-state index in [9.17, 15) is 27.9 Å². The number of carbonyl (C=O) groups excluding carboxylic acids is 1. The average Bonchev–Trinajstić information content (AvgIpc) is 2.72. The van der Waals surface area contributed by atoms with Crippen LogP contribution in [-0.4, -0.2) is 89.0 Å². The lowest BCUT2D eigenvalue weighted by Gasteiger charge is -2.43. The third-order valence-electron chi connectivity index (χ3n) is 5.39. The van der Waals surface area contributed by atoms with Gasteiger partial charge in [0.15, 0.2) is 0 Å². The number of carboxylic acids is 2. The number of alkyl halides is 3. The van der Waals surface area contributed by atoms with Crippen LogP contribution in [0, 0.1) is 13.8 Å². The number of nitrogens with zero attached hydrogens (tertiary/aromatic N) is 2. The summed E-state index contributed by atoms with van der Waals surface area (Å²) in [5, 5.41) is 16.8. The molecule has 0 saturated carbocycles. The molecule has 2 aliphatic rings. The maximum Gasteiger partial charge on any atom is 0.490 e. The third-order valence-corrected chi connectivity index (χ3v) is 5.39. The summed E-state index contributed by atoms with van der Waals surface area (Å²) in [7, 11) is 0. The van der Waals surface area contributed by atoms with Gasteiger partial charge in [0, 0.05) is 31.2 Å². The van der Waals surface area contributed by atoms with E-state index in [2.05, 4.69) is 4.90 Å². The molecule has 11 heteroatoms. The Morgan fingerprint density at radius 3 is 2.00 bits per heavy atom. The van der Waals surface area contributed by atoms with E-state index in [0.717, 1.165) is 30.6 Å². The van der Waals surface area contributed by atoms with Gasteiger partial charge in [0.25, 0.3) is 5.91 Å². The number of benzene rings is 1. The molecule has 8 nitrogen and oxygen atoms in total. The van der Waals surface area contributed by atoms with Crippen LogP contribution >= 0.6 is 0 Å². The maximum absolute atomic E-state index is 12.9. The maximum atomic E-state index is 12.9. The van der Waals surface area contributed by atoms with Crippen molar-refractivity contribution in [3.63, 3.8) is 0 Å². The van der Waals surface area contributed by atoms with Crippen LogP contribution in [0.1, 0.15) is 34.3 Å². The second kappa shape index (κ2) is 10.8. The fourth-order valence-corrected chi connectivity index (χ4v) is 3.96. The molecule has 32 heavy (non-hydrogen) atoms. The molecule has 0 aromatic heterocycles. The second-order valence-electron chi connectivity index (χ2n) is 7.86. The Labute approximate surface area is 183 Å². The first-order valence-electron chi connectivity index (χ1n) is 10.1. The first kappa shape index (κ1) is 25.6. The first-order valence-corrected chi connectivity index (χ1v) is 10.1. The summed E-state index contributed by atoms with van der Waals surface area (Å²) < 4.78 is 37.1. The van der Waals surface area contributed by atoms with Gasteiger partial charge in [0.1, 0.15) is 6.04 Å². The zero-order chi connectivity index (χ0) is 24.1. The van der Waals surface area contributed by atoms with Crippen LogP contribution in [0.3, 0.4) is 0 Å². The molecule has 2 unspecified atom stereocenters. The molecular weight excluding hydrogens is 433 g/mol. The van der Waals surface area contributed by atoms with Gasteiger partial charge in [0.2, 0.25) is 0 Å². The molecule has 2 heterocycles. The molecule has 2 aliphatic heterocycles. The number of halogens is 3. The molecule has 2 atom stereocenters. The summed E-state index contributed by atoms with van der Waals surface area (Å²) >= 11 is 0. The molecule has 0 radical (unpaired) electrons. The number of piperidine rings is 1. The molecule has 178 valence electrons. The number of carbonyl (C=O) groups is 3. The number of rotatable bonds is 3. The molecule has 2 N–H and O–H groups in total. The minimum absolute atomic E-state index is 0.181. The highest BCUT2D eigenvalue weighted by Crippen LogP contribution is 2.25. The van der Waals surface area contributed by atoms with Gasteiger partial charge < -0.3 is 19.8 Å². The smallest absolute Gasteiger partial charge is 0.480 e. The molecule has 2 fully saturated rings. The highest BCUT2D eigenvalue weighted by Gasteiger charge is 2.39. The SMILES string of the molecule is Cc1cc(C)cc(C(=O)N2CCC(N3CCOCC3)CC2C(=O)O)c1.O=C(O)C(F)(F)F. The third kappa shape index (κ3) is 6.92. The first-order chi connectivity index (χ1) is 14.9. The monoisotopic (exact) mass is 460 g/mol. The summed E-state index contributed by atoms with van der Waals surface area (Å²) in [6, 6.07) is 5.11. The van der Waals surface area contributed by atoms with Gasteiger partial charge in [0.05, 0.1) is 13.2 Å². The summed E-state index contributed by atoms with van der Waals surface area (Å²) in [6.45, 7) is 7.43. The summed E-state index contributed by atoms with van der Waals surface area (Å²) in [5.41, 5.74) is 2.60. The Kier molecular flexibility index (Phi) is 8.62. The van der Waals surface area contributed by atoms with Crippen molar-refractivity contribution in [2.45, 2.75) is 44.9 Å². The quantitative estimate of drug-likeness (QED) is 0.713. The molecule has 1 aromatic carbocycles. The van der Waals surface area contributed by atoms with Gasteiger partial charge in [-0.2, -0.15) is 13.2 Å². The Balaban J connectivity index is 0.000000451. The van der Waals surface area contributed by atoms with Gasteiger partial charge in [-0.15, -0.1) is 0 Å². The van der Waals surface area contributed by atoms with Crippen molar-refractivity contribution in [3.8, 4) is 0 Å². The van der Waals surface area contributed by atoms with Gasteiger partial charge in [-0.3, -0.25) is 9.69 Å². The van der Waals surface area contributed by atoms with E-state index in [1.54, 1.807) is 0 Å². The molecule has 2 saturated heterocycles. The van der Waals surface area contributed by atoms with Gasteiger partial charge >= 0.3 is 18.1 Å². The Morgan fingerprint density at radius 2 is 1.53 bits per heavy atom. The number of likely N-dealkylation sites (tertiary alicyclic amines) is 1. The minimum Gasteiger partial charge on any atom is -0.480 e. The fraction of sp³-hybridized carbons (Fsp3) is 0.571. The lowest BCUT2D eigenvalue weighted by Crippen LogP contribution is -2.56. The van der Waals surface area contributed by atoms with Gasteiger partial charge in [-0.05, 0) is 38.8 Å². The number of aliphatic carboxylic acids is 2. The van der Waals surface area contributed by atoms with E-state index in [0.29, 0.717) is 31.7 Å². The summed E-state index contributed by atoms with van der Waals surface area (Å²) in [6.07, 6.45) is -3.80. The molecule has 3 rings (SSSR count). The molecular formula is C21H27F3N2O6. The van der Waals surface area contributed by atoms with Crippen molar-refractivity contribution in [2.75, 3.05) is 32.8 Å². The standard InChI is InChI=1S/C19H26N2O4.C2HF3O2/c1-13-9-14(2)11-15(10-13)18(22)21-4-3-16(12-17(21)19(23)24)20-5-7-25-8-6-20;3-2(4,5)1(6)7/h9-11,16-17H,3-8,12H2,1-2H3,(H,23,24);(H,6,7). The predicted molar refractivity (Wildman–Crippen MR) is 107 cm³/mol. The zero-order valence-electron chi connectivity index (χ0n) is 17.9. The molecule has 0 bridgehead atoms. The van der Waals surface area contributed by atoms with E-state index < -0.39 is 24.2 Å². The van der Waals surface area contributed by atoms with Crippen LogP contribution in [0.4, 0.5) is 13.2 Å². The van der Waals surface area contributed by atoms with E-state index in [1.807, 2.05) is 32.0 Å². The van der Waals surface area contributed by atoms with Crippen molar-refractivity contribution in [1.29, 1.82) is 0 Å². The van der Waals surface area contributed by atoms with Crippen molar-refractivity contribution in [1.82, 2.24) is 9.80 Å². The minimum atomic E-state index is -5.08. The largest absolute Gasteiger partial charge is 0.490 e. The van der Waals surface area contributed by atoms with Gasteiger partial charge in [-0.1, -0.05) is 17.2 Å². The van der Waals surface area contributed by atoms with E-state index in [1.165, 1.54) is 4.90 Å². The van der Waals surface area contributed by atoms with Crippen LogP contribution in [0.5, 0.6) is 0 Å². The highest BCUT2D eigenvalue weighted by atomic mass is 19.4. The van der Waals surface area contributed by atoms with Crippen LogP contribution in [0.25, 0.3) is 0 Å². The van der Waals surface area contributed by atoms with Crippen LogP contribution in [0.15, 0.2) is 18.2 Å². The summed E-state index contributed by atoms with van der Waals surface area (Å²) in [5.74, 6) is -3.86. The highest BCUT2D eigenvalue weighted by molar-refractivity contribution is 5.97. The number of hydrogen-bond acceptors (Lipinski definition) is 5. The lowest BCUT2D eigenvalue weighted by atomic mass is 9.94. The number of hydrogen-bond donors (Lipinski definition) is 2. The zero-order valence-corrected chi connectivity index (χ0v) is 17.9. The lowest BCUT2D eigenvalue weighted by molar-refractivity contribution is -0.192. The molecule has 0 aliphatic carbocycles. The Hall–Kier alpha value is -2.66. The van der Waals surface area contributed by atoms with Crippen molar-refractivity contribution < 1.29 is 42.5 Å². The van der Waals surface area contributed by atoms with Crippen molar-refractivity contribution >= 4 is 17.8 Å². The predicted octanol–water partition coefficient (Wildman–Crippen LogP) is 2.33. The average molecular weight is 460 g/mol. The second-order valence-corrected chi connectivity index (χ2v) is 7.86. The molecule has 1 amide bonds. The number of ether oxygens (including phenoxy) is 1. The number of carboxylic acid groups (broad SMARTS) is 2. The fourth-order valence-electron chi connectivity index (χ4n) is 3.96. The van der Waals surface area contributed by atoms with Crippen molar-refractivity contribution in [2.24, 2.45) is 0 Å². The number of morpholine rings is 1. The summed E-state index contributed by atoms with van der Waals surface area (Å²) in [4.78, 5) is 37.5. The molecule has 1 aromatic rings. The van der Waals surface area contributed by atoms with Crippen LogP contribution in [-0.2, 0) is 14.3 Å². The normalized spacial score (nSPS) is 22.0. The van der Waals surface area contributed by atoms with E-state index in [4.69, 9.17) is 14.6 Å². The Morgan fingerprint density at radius 1 is 1.00 bits per heavy atom. The van der Waals surface area contributed by atoms with E-state index in [-0.39, 0.29) is 11.9 Å². The van der Waals surface area contributed by atoms with Crippen LogP contribution < -0.4 is 0 Å². The van der Waals surface area contributed by atoms with Crippen molar-refractivity contribution in [3.05, 3.63) is 34.9 Å². The molecule has 0 spiro atoms. The topological polar surface area (TPSA) is 107 Å². The van der Waals surface area contributed by atoms with E-state index >= 15 is 0 Å². The number of amides is 1. The Bertz CT molecular complexity index is 819. The van der Waals surface area contributed by atoms with Gasteiger partial charge in [-0.25, -0.2) is 9.59 Å². The van der Waals surface area contributed by atoms with Crippen LogP contribution in [0.2, 0.25) is 0 Å². The number of aryl methyl sites for hydroxylation is 2.